The molecule has 0 unspecified atom stereocenters. The van der Waals surface area contributed by atoms with Gasteiger partial charge in [-0.15, -0.1) is 0 Å². The van der Waals surface area contributed by atoms with Gasteiger partial charge in [0.05, 0.1) is 71.7 Å². The normalized spacial score (nSPS) is 12.2. The zero-order valence-electron chi connectivity index (χ0n) is 71.0. The first kappa shape index (κ1) is 76.9. The number of nitrogens with one attached hydrogen (secondary N) is 1. The number of fused-ring (bicyclic) bond motifs is 39. The Morgan fingerprint density at radius 2 is 0.578 bits per heavy atom. The molecular formula is C114H64BCl3N12O5. The number of halogens is 3. The van der Waals surface area contributed by atoms with Crippen LogP contribution in [0.15, 0.2) is 383 Å². The molecule has 32 rings (SSSR count). The summed E-state index contributed by atoms with van der Waals surface area (Å²) >= 11 is 18.2. The number of H-pyrrole nitrogens is 1. The second-order valence-electron chi connectivity index (χ2n) is 34.1. The standard InChI is InChI=1S/C40H22N4O.C34H17ClN4O.C24H14N2.C10H4Cl2N2O.C6H7BO2/c1-2-12-23(13-3-1)39-41-36-27-17-7-11-21-33(27)45-38(36)40(42-39)44-31-20-10-5-15-25(31)34-32(44)22-28-24-14-4-8-18-29(24)43-30-19-9-6-16-26(30)35(34)37(28)43;35-34-36-30-21-12-4-8-16-27(21)40-32(30)33(37-34)39-25-15-7-2-10-19(25)28-26(39)17-22-18-9-1-5-13-23(18)38-24-14-6-3-11-20(24)29(28)31(22)38;1-4-10-18-15(8-1)22-19(25-18)13-17-14-7-2-5-11-20(14)26-21-12-6-3-9-16(21)23(22)24(17)26;11-9-8-7(13-10(12)14-9)5-3-1-2-4-6(5)15-8;8-7(9)6-4-2-1-3-5-6/h1-22H;1-17H;1-13,25H;1-4H;1-5,8-9H. The minimum Gasteiger partial charge on any atom is -0.451 e. The van der Waals surface area contributed by atoms with E-state index in [1.54, 1.807) is 24.3 Å². The van der Waals surface area contributed by atoms with Gasteiger partial charge in [-0.25, -0.2) is 24.9 Å². The maximum Gasteiger partial charge on any atom is 0.488 e. The van der Waals surface area contributed by atoms with Crippen molar-refractivity contribution in [3.05, 3.63) is 386 Å². The van der Waals surface area contributed by atoms with Crippen molar-refractivity contribution in [1.82, 2.24) is 57.2 Å². The van der Waals surface area contributed by atoms with Crippen molar-refractivity contribution in [2.75, 3.05) is 0 Å². The number of furan rings is 3. The van der Waals surface area contributed by atoms with Crippen LogP contribution in [-0.4, -0.2) is 74.4 Å². The Bertz CT molecular complexity index is 10600. The van der Waals surface area contributed by atoms with Crippen LogP contribution in [0, 0.1) is 0 Å². The summed E-state index contributed by atoms with van der Waals surface area (Å²) in [6.45, 7) is 0. The Hall–Kier alpha value is -17.0. The Morgan fingerprint density at radius 3 is 1.02 bits per heavy atom. The Kier molecular flexibility index (Phi) is 16.8. The largest absolute Gasteiger partial charge is 0.488 e. The van der Waals surface area contributed by atoms with Crippen LogP contribution in [0.2, 0.25) is 15.7 Å². The first-order valence-electron chi connectivity index (χ1n) is 44.4. The molecule has 0 aliphatic rings. The fourth-order valence-electron chi connectivity index (χ4n) is 21.5. The van der Waals surface area contributed by atoms with E-state index in [1.165, 1.54) is 152 Å². The van der Waals surface area contributed by atoms with Gasteiger partial charge in [0.15, 0.2) is 39.4 Å². The molecule has 135 heavy (non-hydrogen) atoms. The van der Waals surface area contributed by atoms with Crippen LogP contribution in [0.5, 0.6) is 0 Å². The molecule has 0 saturated carbocycles. The van der Waals surface area contributed by atoms with Crippen molar-refractivity contribution in [3.63, 3.8) is 0 Å². The Morgan fingerprint density at radius 1 is 0.252 bits per heavy atom. The van der Waals surface area contributed by atoms with Crippen LogP contribution >= 0.6 is 34.8 Å². The van der Waals surface area contributed by atoms with Crippen molar-refractivity contribution >= 4 is 293 Å². The van der Waals surface area contributed by atoms with Gasteiger partial charge in [-0.3, -0.25) is 9.13 Å². The van der Waals surface area contributed by atoms with Gasteiger partial charge in [-0.1, -0.05) is 272 Å². The van der Waals surface area contributed by atoms with E-state index in [0.29, 0.717) is 44.9 Å². The van der Waals surface area contributed by atoms with Gasteiger partial charge >= 0.3 is 7.12 Å². The third-order valence-electron chi connectivity index (χ3n) is 26.9. The van der Waals surface area contributed by atoms with Crippen molar-refractivity contribution in [2.45, 2.75) is 0 Å². The van der Waals surface area contributed by atoms with E-state index < -0.39 is 7.12 Å². The second kappa shape index (κ2) is 29.5. The van der Waals surface area contributed by atoms with E-state index in [1.807, 2.05) is 91.0 Å². The number of hydrogen-bond acceptors (Lipinski definition) is 11. The van der Waals surface area contributed by atoms with Crippen LogP contribution in [0.25, 0.3) is 269 Å². The van der Waals surface area contributed by atoms with E-state index >= 15 is 0 Å². The summed E-state index contributed by atoms with van der Waals surface area (Å²) < 4.78 is 30.3. The van der Waals surface area contributed by atoms with E-state index in [9.17, 15) is 0 Å². The number of benzene rings is 17. The van der Waals surface area contributed by atoms with Crippen molar-refractivity contribution < 1.29 is 23.3 Å². The highest BCUT2D eigenvalue weighted by Crippen LogP contribution is 2.52. The van der Waals surface area contributed by atoms with E-state index in [-0.39, 0.29) is 15.7 Å². The maximum atomic E-state index is 8.58. The fraction of sp³-hybridized carbons (Fsp3) is 0. The van der Waals surface area contributed by atoms with Gasteiger partial charge in [0.2, 0.25) is 10.6 Å². The van der Waals surface area contributed by atoms with Crippen LogP contribution in [0.1, 0.15) is 0 Å². The van der Waals surface area contributed by atoms with E-state index in [0.717, 1.165) is 77.3 Å². The first-order chi connectivity index (χ1) is 66.6. The summed E-state index contributed by atoms with van der Waals surface area (Å²) in [6.07, 6.45) is 0. The molecule has 0 aliphatic carbocycles. The smallest absolute Gasteiger partial charge is 0.451 e. The van der Waals surface area contributed by atoms with E-state index in [2.05, 4.69) is 297 Å². The number of hydrogen-bond donors (Lipinski definition) is 3. The lowest BCUT2D eigenvalue weighted by atomic mass is 9.81. The highest BCUT2D eigenvalue weighted by atomic mass is 35.5. The summed E-state index contributed by atoms with van der Waals surface area (Å²) in [7, 11) is -1.34. The Balaban J connectivity index is 0.0000000913. The molecule has 21 heteroatoms. The lowest BCUT2D eigenvalue weighted by molar-refractivity contribution is 0.426. The molecule has 15 aromatic heterocycles. The lowest BCUT2D eigenvalue weighted by Crippen LogP contribution is -2.29. The third kappa shape index (κ3) is 11.2. The molecule has 0 atom stereocenters. The molecule has 0 aliphatic heterocycles. The van der Waals surface area contributed by atoms with Gasteiger partial charge in [0.25, 0.3) is 0 Å². The molecule has 17 aromatic carbocycles. The average molecular weight is 1800 g/mol. The molecule has 17 nitrogen and oxygen atoms in total. The number of rotatable bonds is 4. The molecule has 32 aromatic rings. The molecule has 15 heterocycles. The lowest BCUT2D eigenvalue weighted by Gasteiger charge is -2.10. The SMILES string of the molecule is Clc1nc(-n2c3ccccc3c3c4c5ccccc5n5c6ccccc6c(cc32)c45)c2oc3ccccc3c2n1.Clc1nc(Cl)c2oc3ccccc3c2n1.OB(O)c1ccccc1.c1ccc(-c2nc(-n3c4ccccc4c4c5c6ccccc6n6c7ccccc7c(cc43)c56)c3oc4ccccc4c3n2)cc1.c1ccc2c(c1)[nH]c1cc3c4ccccc4n4c5ccccc5c(c12)c34. The highest BCUT2D eigenvalue weighted by Gasteiger charge is 2.31. The second-order valence-corrected chi connectivity index (χ2v) is 35.1. The zero-order chi connectivity index (χ0) is 89.3. The van der Waals surface area contributed by atoms with Crippen LogP contribution in [-0.2, 0) is 0 Å². The van der Waals surface area contributed by atoms with Crippen molar-refractivity contribution in [1.29, 1.82) is 0 Å². The molecule has 0 fully saturated rings. The summed E-state index contributed by atoms with van der Waals surface area (Å²) in [4.78, 5) is 31.4. The quantitative estimate of drug-likeness (QED) is 0.0861. The minimum absolute atomic E-state index is 0.124. The molecule has 0 bridgehead atoms. The molecule has 0 spiro atoms. The Labute approximate surface area is 777 Å². The number of aromatic nitrogens is 12. The van der Waals surface area contributed by atoms with Gasteiger partial charge in [0, 0.05) is 130 Å². The van der Waals surface area contributed by atoms with Gasteiger partial charge in [-0.2, -0.15) is 4.98 Å². The third-order valence-corrected chi connectivity index (χ3v) is 27.5. The number of nitrogens with zero attached hydrogens (tertiary/aromatic N) is 11. The zero-order valence-corrected chi connectivity index (χ0v) is 73.2. The van der Waals surface area contributed by atoms with Crippen LogP contribution in [0.3, 0.4) is 0 Å². The summed E-state index contributed by atoms with van der Waals surface area (Å²) in [5.74, 6) is 2.05. The highest BCUT2D eigenvalue weighted by molar-refractivity contribution is 6.58. The molecule has 3 N–H and O–H groups in total. The maximum absolute atomic E-state index is 8.58. The van der Waals surface area contributed by atoms with Gasteiger partial charge in [-0.05, 0) is 138 Å². The molecule has 0 amide bonds. The monoisotopic (exact) mass is 1800 g/mol. The molecule has 0 saturated heterocycles. The number of para-hydroxylation sites is 12. The predicted molar refractivity (Wildman–Crippen MR) is 553 cm³/mol. The first-order valence-corrected chi connectivity index (χ1v) is 45.5. The number of aromatic amines is 1. The molecular weight excluding hydrogens is 1730 g/mol. The minimum atomic E-state index is -1.34. The van der Waals surface area contributed by atoms with Crippen molar-refractivity contribution in [3.8, 4) is 23.0 Å². The van der Waals surface area contributed by atoms with E-state index in [4.69, 9.17) is 73.1 Å². The fourth-order valence-corrected chi connectivity index (χ4v) is 22.1. The van der Waals surface area contributed by atoms with Gasteiger partial charge in [0.1, 0.15) is 33.3 Å². The molecule has 0 radical (unpaired) electrons. The summed E-state index contributed by atoms with van der Waals surface area (Å²) in [6, 6.07) is 128. The predicted octanol–water partition coefficient (Wildman–Crippen LogP) is 29.1. The van der Waals surface area contributed by atoms with Crippen LogP contribution in [0.4, 0.5) is 0 Å². The molecule has 634 valence electrons. The van der Waals surface area contributed by atoms with Crippen LogP contribution < -0.4 is 5.46 Å². The summed E-state index contributed by atoms with van der Waals surface area (Å²) in [5.41, 5.74) is 25.7. The summed E-state index contributed by atoms with van der Waals surface area (Å²) in [5, 5.41) is 43.1. The topological polar surface area (TPSA) is 196 Å². The van der Waals surface area contributed by atoms with Crippen molar-refractivity contribution in [2.24, 2.45) is 0 Å². The van der Waals surface area contributed by atoms with Gasteiger partial charge < -0.3 is 41.5 Å². The average Bonchev–Trinajstić information content (AvgIpc) is 1.60.